The lowest BCUT2D eigenvalue weighted by Crippen LogP contribution is -2.56. The molecule has 0 aliphatic carbocycles. The number of esters is 2. The molecule has 2 atom stereocenters. The average Bonchev–Trinajstić information content (AvgIpc) is 3.73. The standard InChI is InChI=1S/C36H44N2O8S2/c39-33(35(41)45-29-21-37(22-29)11-1-13-43-15-7-25-3-5-31-27(19-25)9-17-47-31)34(40)36(42)46-30-23-38(24-30)12-2-14-44-16-8-26-4-6-32-28(20-26)10-18-48-32/h3-6,9-10,17-20,29-30,33-34,39-40H,1-2,7-8,11-16,21-24H2. The third kappa shape index (κ3) is 9.60. The number of aliphatic hydroxyl groups excluding tert-OH is 2. The number of hydrogen-bond acceptors (Lipinski definition) is 12. The largest absolute Gasteiger partial charge is 0.458 e. The van der Waals surface area contributed by atoms with Crippen LogP contribution in [0.1, 0.15) is 24.0 Å². The van der Waals surface area contributed by atoms with Crippen LogP contribution in [0.3, 0.4) is 0 Å². The van der Waals surface area contributed by atoms with E-state index in [1.807, 2.05) is 0 Å². The second-order valence-corrected chi connectivity index (χ2v) is 14.4. The van der Waals surface area contributed by atoms with E-state index in [9.17, 15) is 19.8 Å². The van der Waals surface area contributed by atoms with E-state index in [-0.39, 0.29) is 12.2 Å². The van der Waals surface area contributed by atoms with E-state index in [0.717, 1.165) is 38.8 Å². The van der Waals surface area contributed by atoms with Crippen LogP contribution in [-0.2, 0) is 41.4 Å². The van der Waals surface area contributed by atoms with Gasteiger partial charge in [0.1, 0.15) is 12.2 Å². The Morgan fingerprint density at radius 1 is 0.667 bits per heavy atom. The summed E-state index contributed by atoms with van der Waals surface area (Å²) in [5.41, 5.74) is 2.54. The Hall–Kier alpha value is -2.94. The second kappa shape index (κ2) is 17.1. The van der Waals surface area contributed by atoms with Crippen LogP contribution in [0.25, 0.3) is 20.2 Å². The summed E-state index contributed by atoms with van der Waals surface area (Å²) >= 11 is 3.49. The first kappa shape index (κ1) is 34.9. The smallest absolute Gasteiger partial charge is 0.338 e. The predicted octanol–water partition coefficient (Wildman–Crippen LogP) is 3.89. The maximum absolute atomic E-state index is 12.3. The Bertz CT molecular complexity index is 1510. The van der Waals surface area contributed by atoms with Gasteiger partial charge in [-0.05, 0) is 82.6 Å². The van der Waals surface area contributed by atoms with Crippen LogP contribution in [0, 0.1) is 0 Å². The van der Waals surface area contributed by atoms with E-state index >= 15 is 0 Å². The highest BCUT2D eigenvalue weighted by Crippen LogP contribution is 2.23. The molecule has 2 fully saturated rings. The van der Waals surface area contributed by atoms with Gasteiger partial charge in [0.15, 0.2) is 12.2 Å². The number of fused-ring (bicyclic) bond motifs is 2. The van der Waals surface area contributed by atoms with E-state index in [1.54, 1.807) is 22.7 Å². The van der Waals surface area contributed by atoms with Gasteiger partial charge < -0.3 is 29.2 Å². The number of thiophene rings is 2. The molecule has 4 aromatic rings. The Kier molecular flexibility index (Phi) is 12.5. The lowest BCUT2D eigenvalue weighted by atomic mass is 10.1. The maximum atomic E-state index is 12.3. The van der Waals surface area contributed by atoms with E-state index in [4.69, 9.17) is 18.9 Å². The zero-order valence-electron chi connectivity index (χ0n) is 27.0. The number of hydrogen-bond donors (Lipinski definition) is 2. The molecule has 12 heteroatoms. The third-order valence-corrected chi connectivity index (χ3v) is 10.6. The molecule has 2 aromatic heterocycles. The Balaban J connectivity index is 0.752. The molecular formula is C36H44N2O8S2. The molecule has 2 saturated heterocycles. The molecule has 10 nitrogen and oxygen atoms in total. The topological polar surface area (TPSA) is 118 Å². The summed E-state index contributed by atoms with van der Waals surface area (Å²) in [7, 11) is 0. The van der Waals surface area contributed by atoms with Crippen molar-refractivity contribution in [1.82, 2.24) is 9.80 Å². The van der Waals surface area contributed by atoms with Crippen molar-refractivity contribution in [3.8, 4) is 0 Å². The quantitative estimate of drug-likeness (QED) is 0.111. The van der Waals surface area contributed by atoms with Crippen molar-refractivity contribution in [2.75, 3.05) is 65.7 Å². The van der Waals surface area contributed by atoms with Crippen molar-refractivity contribution < 1.29 is 38.7 Å². The molecule has 0 spiro atoms. The predicted molar refractivity (Wildman–Crippen MR) is 187 cm³/mol. The summed E-state index contributed by atoms with van der Waals surface area (Å²) < 4.78 is 24.8. The lowest BCUT2D eigenvalue weighted by Gasteiger charge is -2.39. The Labute approximate surface area is 288 Å². The molecule has 0 amide bonds. The molecule has 0 bridgehead atoms. The first-order valence-corrected chi connectivity index (χ1v) is 18.5. The van der Waals surface area contributed by atoms with Crippen molar-refractivity contribution in [3.63, 3.8) is 0 Å². The number of ether oxygens (including phenoxy) is 4. The first-order chi connectivity index (χ1) is 23.4. The van der Waals surface area contributed by atoms with E-state index < -0.39 is 24.1 Å². The van der Waals surface area contributed by atoms with Crippen LogP contribution in [0.15, 0.2) is 59.3 Å². The van der Waals surface area contributed by atoms with Gasteiger partial charge in [-0.3, -0.25) is 9.80 Å². The highest BCUT2D eigenvalue weighted by atomic mass is 32.1. The summed E-state index contributed by atoms with van der Waals surface area (Å²) in [6, 6.07) is 17.3. The Morgan fingerprint density at radius 3 is 1.54 bits per heavy atom. The second-order valence-electron chi connectivity index (χ2n) is 12.5. The molecule has 48 heavy (non-hydrogen) atoms. The van der Waals surface area contributed by atoms with Crippen LogP contribution in [0.2, 0.25) is 0 Å². The maximum Gasteiger partial charge on any atom is 0.338 e. The fourth-order valence-electron chi connectivity index (χ4n) is 5.99. The average molecular weight is 697 g/mol. The van der Waals surface area contributed by atoms with E-state index in [2.05, 4.69) is 69.1 Å². The minimum absolute atomic E-state index is 0.386. The zero-order chi connectivity index (χ0) is 33.3. The first-order valence-electron chi connectivity index (χ1n) is 16.7. The molecule has 0 radical (unpaired) electrons. The number of benzene rings is 2. The number of aliphatic hydroxyl groups is 2. The van der Waals surface area contributed by atoms with Gasteiger partial charge in [0, 0.05) is 61.9 Å². The van der Waals surface area contributed by atoms with Gasteiger partial charge in [-0.25, -0.2) is 9.59 Å². The highest BCUT2D eigenvalue weighted by molar-refractivity contribution is 7.17. The highest BCUT2D eigenvalue weighted by Gasteiger charge is 2.39. The van der Waals surface area contributed by atoms with Crippen molar-refractivity contribution >= 4 is 54.8 Å². The number of nitrogens with zero attached hydrogens (tertiary/aromatic N) is 2. The fourth-order valence-corrected chi connectivity index (χ4v) is 7.53. The molecule has 258 valence electrons. The van der Waals surface area contributed by atoms with E-state index in [0.29, 0.717) is 52.6 Å². The molecule has 2 aromatic carbocycles. The number of carbonyl (C=O) groups excluding carboxylic acids is 2. The number of likely N-dealkylation sites (tertiary alicyclic amines) is 2. The summed E-state index contributed by atoms with van der Waals surface area (Å²) in [5.74, 6) is -2.04. The number of carbonyl (C=O) groups is 2. The fraction of sp³-hybridized carbons (Fsp3) is 0.500. The molecule has 2 unspecified atom stereocenters. The minimum atomic E-state index is -1.99. The minimum Gasteiger partial charge on any atom is -0.458 e. The summed E-state index contributed by atoms with van der Waals surface area (Å²) in [6.07, 6.45) is -1.28. The molecule has 2 aliphatic rings. The SMILES string of the molecule is O=C(OC1CN(CCCOCCc2ccc3sccc3c2)C1)C(O)C(O)C(=O)OC1CN(CCCOCCc2ccc3sccc3c2)C1. The van der Waals surface area contributed by atoms with Gasteiger partial charge in [-0.1, -0.05) is 24.3 Å². The zero-order valence-corrected chi connectivity index (χ0v) is 28.7. The molecule has 2 aliphatic heterocycles. The van der Waals surface area contributed by atoms with Crippen LogP contribution >= 0.6 is 22.7 Å². The van der Waals surface area contributed by atoms with E-state index in [1.165, 1.54) is 31.3 Å². The lowest BCUT2D eigenvalue weighted by molar-refractivity contribution is -0.186. The summed E-state index contributed by atoms with van der Waals surface area (Å²) in [6.45, 7) is 6.40. The van der Waals surface area contributed by atoms with Gasteiger partial charge in [0.2, 0.25) is 0 Å². The summed E-state index contributed by atoms with van der Waals surface area (Å²) in [4.78, 5) is 28.9. The number of rotatable bonds is 19. The molecule has 6 rings (SSSR count). The van der Waals surface area contributed by atoms with Crippen molar-refractivity contribution in [1.29, 1.82) is 0 Å². The van der Waals surface area contributed by atoms with Gasteiger partial charge in [-0.2, -0.15) is 0 Å². The van der Waals surface area contributed by atoms with Crippen molar-refractivity contribution in [3.05, 3.63) is 70.4 Å². The van der Waals surface area contributed by atoms with Crippen LogP contribution < -0.4 is 0 Å². The normalized spacial score (nSPS) is 17.3. The molecule has 0 saturated carbocycles. The molecular weight excluding hydrogens is 653 g/mol. The van der Waals surface area contributed by atoms with Gasteiger partial charge >= 0.3 is 11.9 Å². The van der Waals surface area contributed by atoms with Crippen LogP contribution in [-0.4, -0.2) is 122 Å². The van der Waals surface area contributed by atoms with Gasteiger partial charge in [0.25, 0.3) is 0 Å². The van der Waals surface area contributed by atoms with Crippen LogP contribution in [0.5, 0.6) is 0 Å². The van der Waals surface area contributed by atoms with Crippen molar-refractivity contribution in [2.45, 2.75) is 50.1 Å². The monoisotopic (exact) mass is 696 g/mol. The van der Waals surface area contributed by atoms with Gasteiger partial charge in [-0.15, -0.1) is 22.7 Å². The molecule has 4 heterocycles. The summed E-state index contributed by atoms with van der Waals surface area (Å²) in [5, 5.41) is 27.2. The third-order valence-electron chi connectivity index (χ3n) is 8.82. The Morgan fingerprint density at radius 2 is 1.10 bits per heavy atom. The van der Waals surface area contributed by atoms with Crippen LogP contribution in [0.4, 0.5) is 0 Å². The molecule has 2 N–H and O–H groups in total. The van der Waals surface area contributed by atoms with Gasteiger partial charge in [0.05, 0.1) is 13.2 Å². The van der Waals surface area contributed by atoms with Crippen molar-refractivity contribution in [2.24, 2.45) is 0 Å².